The number of esters is 1. The molecule has 0 saturated heterocycles. The molecule has 0 aliphatic heterocycles. The second-order valence-corrected chi connectivity index (χ2v) is 4.91. The number of rotatable bonds is 7. The Labute approximate surface area is 133 Å². The molecule has 1 N–H and O–H groups in total. The lowest BCUT2D eigenvalue weighted by Gasteiger charge is -2.11. The zero-order valence-corrected chi connectivity index (χ0v) is 13.1. The monoisotopic (exact) mass is 328 g/mol. The highest BCUT2D eigenvalue weighted by Crippen LogP contribution is 2.16. The minimum absolute atomic E-state index is 0.150. The molecule has 0 aromatic heterocycles. The summed E-state index contributed by atoms with van der Waals surface area (Å²) in [5.74, 6) is -1.10. The van der Waals surface area contributed by atoms with E-state index in [1.807, 2.05) is 0 Å². The van der Waals surface area contributed by atoms with Crippen LogP contribution in [-0.4, -0.2) is 56.5 Å². The van der Waals surface area contributed by atoms with Crippen LogP contribution in [-0.2, 0) is 19.1 Å². The first kappa shape index (κ1) is 17.8. The molecule has 0 aliphatic carbocycles. The molecule has 0 atom stereocenters. The molecule has 0 bridgehead atoms. The van der Waals surface area contributed by atoms with Crippen LogP contribution in [0.3, 0.4) is 0 Å². The number of carbonyl (C=O) groups is 3. The lowest BCUT2D eigenvalue weighted by molar-refractivity contribution is -0.150. The first-order valence-electron chi connectivity index (χ1n) is 6.39. The molecule has 0 aliphatic rings. The van der Waals surface area contributed by atoms with Crippen LogP contribution in [0.2, 0.25) is 5.02 Å². The van der Waals surface area contributed by atoms with Gasteiger partial charge < -0.3 is 19.7 Å². The van der Waals surface area contributed by atoms with E-state index in [2.05, 4.69) is 5.32 Å². The van der Waals surface area contributed by atoms with E-state index >= 15 is 0 Å². The Hall–Kier alpha value is -2.28. The van der Waals surface area contributed by atoms with Crippen LogP contribution in [0.4, 0.5) is 0 Å². The maximum absolute atomic E-state index is 11.4. The molecule has 1 aromatic rings. The quantitative estimate of drug-likeness (QED) is 0.735. The molecule has 0 unspecified atom stereocenters. The lowest BCUT2D eigenvalue weighted by atomic mass is 10.3. The number of halogens is 1. The minimum Gasteiger partial charge on any atom is -0.482 e. The van der Waals surface area contributed by atoms with Crippen LogP contribution < -0.4 is 10.1 Å². The molecule has 1 aromatic carbocycles. The van der Waals surface area contributed by atoms with Crippen molar-refractivity contribution in [3.05, 3.63) is 29.3 Å². The summed E-state index contributed by atoms with van der Waals surface area (Å²) >= 11 is 5.77. The van der Waals surface area contributed by atoms with E-state index in [4.69, 9.17) is 21.1 Å². The predicted molar refractivity (Wildman–Crippen MR) is 79.6 cm³/mol. The van der Waals surface area contributed by atoms with E-state index in [9.17, 15) is 14.4 Å². The number of hydrogen-bond acceptors (Lipinski definition) is 5. The Kier molecular flexibility index (Phi) is 7.18. The summed E-state index contributed by atoms with van der Waals surface area (Å²) in [6.07, 6.45) is 0. The summed E-state index contributed by atoms with van der Waals surface area (Å²) in [6.45, 7) is -0.967. The van der Waals surface area contributed by atoms with Gasteiger partial charge in [-0.15, -0.1) is 0 Å². The zero-order valence-electron chi connectivity index (χ0n) is 12.3. The summed E-state index contributed by atoms with van der Waals surface area (Å²) < 4.78 is 9.87. The van der Waals surface area contributed by atoms with E-state index in [-0.39, 0.29) is 19.1 Å². The molecule has 7 nitrogen and oxygen atoms in total. The third kappa shape index (κ3) is 6.94. The lowest BCUT2D eigenvalue weighted by Crippen LogP contribution is -2.38. The molecule has 1 rings (SSSR count). The fraction of sp³-hybridized carbons (Fsp3) is 0.357. The average molecular weight is 329 g/mol. The summed E-state index contributed by atoms with van der Waals surface area (Å²) in [4.78, 5) is 35.4. The van der Waals surface area contributed by atoms with Crippen molar-refractivity contribution in [2.24, 2.45) is 0 Å². The number of carbonyl (C=O) groups excluding carboxylic acids is 3. The number of likely N-dealkylation sites (N-methyl/N-ethyl adjacent to an activating group) is 1. The Morgan fingerprint density at radius 2 is 1.95 bits per heavy atom. The smallest absolute Gasteiger partial charge is 0.344 e. The molecular weight excluding hydrogens is 312 g/mol. The molecule has 120 valence electrons. The second-order valence-electron chi connectivity index (χ2n) is 4.47. The van der Waals surface area contributed by atoms with E-state index in [1.54, 1.807) is 38.4 Å². The number of nitrogens with one attached hydrogen (secondary N) is 1. The van der Waals surface area contributed by atoms with Gasteiger partial charge in [-0.3, -0.25) is 9.59 Å². The van der Waals surface area contributed by atoms with Crippen molar-refractivity contribution in [1.82, 2.24) is 10.2 Å². The van der Waals surface area contributed by atoms with Crippen LogP contribution in [0.1, 0.15) is 0 Å². The summed E-state index contributed by atoms with van der Waals surface area (Å²) in [5.41, 5.74) is 0. The van der Waals surface area contributed by atoms with Gasteiger partial charge in [0.2, 0.25) is 5.91 Å². The second kappa shape index (κ2) is 8.89. The van der Waals surface area contributed by atoms with Crippen molar-refractivity contribution in [2.45, 2.75) is 0 Å². The van der Waals surface area contributed by atoms with E-state index in [0.29, 0.717) is 10.8 Å². The molecule has 0 heterocycles. The molecular formula is C14H17ClN2O5. The minimum atomic E-state index is -0.700. The van der Waals surface area contributed by atoms with Crippen molar-refractivity contribution in [2.75, 3.05) is 33.9 Å². The highest BCUT2D eigenvalue weighted by atomic mass is 35.5. The maximum Gasteiger partial charge on any atom is 0.344 e. The van der Waals surface area contributed by atoms with E-state index in [0.717, 1.165) is 0 Å². The van der Waals surface area contributed by atoms with E-state index < -0.39 is 18.5 Å². The van der Waals surface area contributed by atoms with Crippen LogP contribution in [0.15, 0.2) is 24.3 Å². The third-order valence-corrected chi connectivity index (χ3v) is 2.69. The Morgan fingerprint density at radius 1 is 1.23 bits per heavy atom. The van der Waals surface area contributed by atoms with Crippen molar-refractivity contribution in [1.29, 1.82) is 0 Å². The number of amides is 2. The van der Waals surface area contributed by atoms with Gasteiger partial charge in [0.15, 0.2) is 13.2 Å². The molecule has 0 saturated carbocycles. The molecule has 22 heavy (non-hydrogen) atoms. The van der Waals surface area contributed by atoms with Crippen LogP contribution in [0, 0.1) is 0 Å². The average Bonchev–Trinajstić information content (AvgIpc) is 2.48. The van der Waals surface area contributed by atoms with Gasteiger partial charge in [-0.25, -0.2) is 4.79 Å². The zero-order chi connectivity index (χ0) is 16.5. The molecule has 8 heteroatoms. The van der Waals surface area contributed by atoms with Gasteiger partial charge in [-0.2, -0.15) is 0 Å². The standard InChI is InChI=1S/C14H17ClN2O5/c1-17(2)13(19)7-16-12(18)8-22-14(20)9-21-11-5-3-4-10(15)6-11/h3-6H,7-9H2,1-2H3,(H,16,18). The Bertz CT molecular complexity index is 548. The fourth-order valence-corrected chi connectivity index (χ4v) is 1.45. The van der Waals surface area contributed by atoms with Crippen molar-refractivity contribution < 1.29 is 23.9 Å². The first-order chi connectivity index (χ1) is 10.4. The molecule has 0 radical (unpaired) electrons. The van der Waals surface area contributed by atoms with E-state index in [1.165, 1.54) is 4.90 Å². The number of benzene rings is 1. The fourth-order valence-electron chi connectivity index (χ4n) is 1.27. The summed E-state index contributed by atoms with van der Waals surface area (Å²) in [7, 11) is 3.14. The van der Waals surface area contributed by atoms with Crippen molar-refractivity contribution in [3.8, 4) is 5.75 Å². The van der Waals surface area contributed by atoms with Gasteiger partial charge in [0.25, 0.3) is 5.91 Å². The highest BCUT2D eigenvalue weighted by Gasteiger charge is 2.10. The van der Waals surface area contributed by atoms with Crippen LogP contribution in [0.25, 0.3) is 0 Å². The highest BCUT2D eigenvalue weighted by molar-refractivity contribution is 6.30. The summed E-state index contributed by atoms with van der Waals surface area (Å²) in [6, 6.07) is 6.54. The molecule has 0 spiro atoms. The van der Waals surface area contributed by atoms with Gasteiger partial charge in [0.05, 0.1) is 6.54 Å². The van der Waals surface area contributed by atoms with Gasteiger partial charge in [-0.05, 0) is 18.2 Å². The van der Waals surface area contributed by atoms with Crippen molar-refractivity contribution >= 4 is 29.4 Å². The maximum atomic E-state index is 11.4. The number of nitrogens with zero attached hydrogens (tertiary/aromatic N) is 1. The molecule has 0 fully saturated rings. The SMILES string of the molecule is CN(C)C(=O)CNC(=O)COC(=O)COc1cccc(Cl)c1. The first-order valence-corrected chi connectivity index (χ1v) is 6.77. The Morgan fingerprint density at radius 3 is 2.59 bits per heavy atom. The normalized spacial score (nSPS) is 9.77. The van der Waals surface area contributed by atoms with Crippen molar-refractivity contribution in [3.63, 3.8) is 0 Å². The largest absolute Gasteiger partial charge is 0.482 e. The van der Waals surface area contributed by atoms with Gasteiger partial charge in [0, 0.05) is 19.1 Å². The predicted octanol–water partition coefficient (Wildman–Crippen LogP) is 0.466. The number of hydrogen-bond donors (Lipinski definition) is 1. The number of ether oxygens (including phenoxy) is 2. The van der Waals surface area contributed by atoms with Crippen LogP contribution >= 0.6 is 11.6 Å². The van der Waals surface area contributed by atoms with Crippen LogP contribution in [0.5, 0.6) is 5.75 Å². The Balaban J connectivity index is 2.22. The molecule has 2 amide bonds. The van der Waals surface area contributed by atoms with Gasteiger partial charge in [-0.1, -0.05) is 17.7 Å². The van der Waals surface area contributed by atoms with Gasteiger partial charge >= 0.3 is 5.97 Å². The topological polar surface area (TPSA) is 84.9 Å². The summed E-state index contributed by atoms with van der Waals surface area (Å²) in [5, 5.41) is 2.82. The van der Waals surface area contributed by atoms with Gasteiger partial charge in [0.1, 0.15) is 5.75 Å². The third-order valence-electron chi connectivity index (χ3n) is 2.45.